The molecule has 1 saturated carbocycles. The second-order valence-electron chi connectivity index (χ2n) is 6.80. The molecular weight excluding hydrogens is 286 g/mol. The first-order valence-corrected chi connectivity index (χ1v) is 7.88. The lowest BCUT2D eigenvalue weighted by atomic mass is 9.68. The summed E-state index contributed by atoms with van der Waals surface area (Å²) in [7, 11) is 0. The minimum absolute atomic E-state index is 0.0845. The number of aliphatic hydroxyl groups is 3. The fraction of sp³-hybridized carbons (Fsp3) is 0.625. The van der Waals surface area contributed by atoms with Crippen LogP contribution in [-0.2, 0) is 0 Å². The molecule has 0 bridgehead atoms. The van der Waals surface area contributed by atoms with E-state index in [9.17, 15) is 15.3 Å². The standard InChI is InChI=1S/C16H19NO5/c18-10-3-7-1-2-17-14(7)13(15(10)19)8-4-11-12(22-6-21-11)5-9(8)16(17)20/h4-5,7,10,13-16,18-20H,1-3,6H2. The van der Waals surface area contributed by atoms with Crippen molar-refractivity contribution in [3.63, 3.8) is 0 Å². The van der Waals surface area contributed by atoms with Crippen LogP contribution in [0.2, 0.25) is 0 Å². The maximum absolute atomic E-state index is 10.8. The van der Waals surface area contributed by atoms with E-state index in [4.69, 9.17) is 9.47 Å². The average molecular weight is 305 g/mol. The number of aliphatic hydroxyl groups excluding tert-OH is 3. The van der Waals surface area contributed by atoms with Crippen LogP contribution in [0.1, 0.15) is 36.1 Å². The lowest BCUT2D eigenvalue weighted by Gasteiger charge is -2.49. The maximum Gasteiger partial charge on any atom is 0.231 e. The van der Waals surface area contributed by atoms with Gasteiger partial charge in [-0.15, -0.1) is 0 Å². The Kier molecular flexibility index (Phi) is 2.60. The number of benzene rings is 1. The molecule has 0 spiro atoms. The van der Waals surface area contributed by atoms with Gasteiger partial charge in [-0.05, 0) is 36.5 Å². The molecule has 3 aliphatic heterocycles. The third kappa shape index (κ3) is 1.53. The Labute approximate surface area is 127 Å². The van der Waals surface area contributed by atoms with Crippen molar-refractivity contribution < 1.29 is 24.8 Å². The first-order valence-electron chi connectivity index (χ1n) is 7.88. The highest BCUT2D eigenvalue weighted by Gasteiger charge is 2.54. The van der Waals surface area contributed by atoms with Crippen LogP contribution in [0.5, 0.6) is 11.5 Å². The number of rotatable bonds is 0. The van der Waals surface area contributed by atoms with E-state index in [1.807, 2.05) is 12.1 Å². The molecule has 6 unspecified atom stereocenters. The Balaban J connectivity index is 1.70. The van der Waals surface area contributed by atoms with Gasteiger partial charge in [0.1, 0.15) is 6.23 Å². The topological polar surface area (TPSA) is 82.4 Å². The van der Waals surface area contributed by atoms with Gasteiger partial charge in [0.05, 0.1) is 12.2 Å². The van der Waals surface area contributed by atoms with Gasteiger partial charge in [0, 0.05) is 24.1 Å². The van der Waals surface area contributed by atoms with E-state index in [1.54, 1.807) is 0 Å². The largest absolute Gasteiger partial charge is 0.454 e. The zero-order valence-corrected chi connectivity index (χ0v) is 12.1. The molecule has 0 aromatic heterocycles. The van der Waals surface area contributed by atoms with Gasteiger partial charge in [-0.3, -0.25) is 4.90 Å². The van der Waals surface area contributed by atoms with E-state index in [0.717, 1.165) is 24.1 Å². The van der Waals surface area contributed by atoms with E-state index in [2.05, 4.69) is 4.90 Å². The summed E-state index contributed by atoms with van der Waals surface area (Å²) in [5, 5.41) is 31.6. The van der Waals surface area contributed by atoms with Crippen molar-refractivity contribution >= 4 is 0 Å². The molecule has 1 saturated heterocycles. The molecule has 5 rings (SSSR count). The quantitative estimate of drug-likeness (QED) is 0.640. The molecule has 6 atom stereocenters. The zero-order chi connectivity index (χ0) is 15.0. The van der Waals surface area contributed by atoms with Crippen molar-refractivity contribution in [2.75, 3.05) is 13.3 Å². The van der Waals surface area contributed by atoms with Crippen molar-refractivity contribution in [3.8, 4) is 11.5 Å². The van der Waals surface area contributed by atoms with Crippen LogP contribution in [0.4, 0.5) is 0 Å². The minimum atomic E-state index is -0.812. The van der Waals surface area contributed by atoms with Gasteiger partial charge < -0.3 is 24.8 Å². The van der Waals surface area contributed by atoms with Crippen molar-refractivity contribution in [2.24, 2.45) is 5.92 Å². The predicted octanol–water partition coefficient (Wildman–Crippen LogP) is 0.319. The summed E-state index contributed by atoms with van der Waals surface area (Å²) >= 11 is 0. The third-order valence-corrected chi connectivity index (χ3v) is 5.83. The number of hydrogen-bond donors (Lipinski definition) is 3. The maximum atomic E-state index is 10.8. The Morgan fingerprint density at radius 1 is 1.05 bits per heavy atom. The number of hydrogen-bond acceptors (Lipinski definition) is 6. The van der Waals surface area contributed by atoms with Crippen LogP contribution in [0.15, 0.2) is 12.1 Å². The van der Waals surface area contributed by atoms with Crippen LogP contribution in [0, 0.1) is 5.92 Å². The first-order chi connectivity index (χ1) is 10.6. The van der Waals surface area contributed by atoms with Gasteiger partial charge in [0.25, 0.3) is 0 Å². The van der Waals surface area contributed by atoms with Crippen LogP contribution >= 0.6 is 0 Å². The Hall–Kier alpha value is -1.34. The van der Waals surface area contributed by atoms with E-state index in [1.165, 1.54) is 0 Å². The molecule has 0 amide bonds. The summed E-state index contributed by atoms with van der Waals surface area (Å²) in [5.41, 5.74) is 1.65. The molecule has 6 heteroatoms. The molecule has 3 N–H and O–H groups in total. The summed E-state index contributed by atoms with van der Waals surface area (Å²) in [6.45, 7) is 0.972. The first kappa shape index (κ1) is 13.1. The second kappa shape index (κ2) is 4.35. The third-order valence-electron chi connectivity index (χ3n) is 5.83. The molecule has 1 aromatic rings. The van der Waals surface area contributed by atoms with E-state index in [-0.39, 0.29) is 18.8 Å². The SMILES string of the molecule is OC1CC2CCN3C(O)c4cc5c(cc4C(C1O)C23)OCO5. The van der Waals surface area contributed by atoms with Crippen LogP contribution in [-0.4, -0.2) is 51.8 Å². The molecule has 1 aromatic carbocycles. The Morgan fingerprint density at radius 3 is 2.55 bits per heavy atom. The van der Waals surface area contributed by atoms with Crippen molar-refractivity contribution in [2.45, 2.75) is 43.2 Å². The molecule has 3 heterocycles. The van der Waals surface area contributed by atoms with Crippen molar-refractivity contribution in [1.82, 2.24) is 4.90 Å². The van der Waals surface area contributed by atoms with Gasteiger partial charge in [-0.2, -0.15) is 0 Å². The van der Waals surface area contributed by atoms with Gasteiger partial charge in [-0.1, -0.05) is 0 Å². The van der Waals surface area contributed by atoms with E-state index < -0.39 is 18.4 Å². The highest BCUT2D eigenvalue weighted by molar-refractivity contribution is 5.52. The lowest BCUT2D eigenvalue weighted by molar-refractivity contribution is -0.102. The Bertz CT molecular complexity index is 635. The summed E-state index contributed by atoms with van der Waals surface area (Å²) in [5.74, 6) is 1.42. The summed E-state index contributed by atoms with van der Waals surface area (Å²) in [6, 6.07) is 3.78. The van der Waals surface area contributed by atoms with Crippen molar-refractivity contribution in [3.05, 3.63) is 23.3 Å². The molecule has 6 nitrogen and oxygen atoms in total. The fourth-order valence-electron chi connectivity index (χ4n) is 4.87. The highest BCUT2D eigenvalue weighted by Crippen LogP contribution is 2.54. The molecule has 22 heavy (non-hydrogen) atoms. The molecule has 4 aliphatic rings. The molecule has 2 fully saturated rings. The monoisotopic (exact) mass is 305 g/mol. The molecular formula is C16H19NO5. The van der Waals surface area contributed by atoms with E-state index >= 15 is 0 Å². The summed E-state index contributed by atoms with van der Waals surface area (Å²) < 4.78 is 10.9. The summed E-state index contributed by atoms with van der Waals surface area (Å²) in [4.78, 5) is 2.06. The van der Waals surface area contributed by atoms with Crippen LogP contribution in [0.25, 0.3) is 0 Å². The predicted molar refractivity (Wildman–Crippen MR) is 75.5 cm³/mol. The van der Waals surface area contributed by atoms with E-state index in [0.29, 0.717) is 23.8 Å². The minimum Gasteiger partial charge on any atom is -0.454 e. The summed E-state index contributed by atoms with van der Waals surface area (Å²) in [6.07, 6.45) is -0.653. The average Bonchev–Trinajstić information content (AvgIpc) is 3.12. The number of fused-ring (bicyclic) bond motifs is 3. The molecule has 0 radical (unpaired) electrons. The highest BCUT2D eigenvalue weighted by atomic mass is 16.7. The number of nitrogens with zero attached hydrogens (tertiary/aromatic N) is 1. The van der Waals surface area contributed by atoms with Gasteiger partial charge in [-0.25, -0.2) is 0 Å². The van der Waals surface area contributed by atoms with Crippen LogP contribution in [0.3, 0.4) is 0 Å². The van der Waals surface area contributed by atoms with Gasteiger partial charge >= 0.3 is 0 Å². The smallest absolute Gasteiger partial charge is 0.231 e. The number of ether oxygens (including phenoxy) is 2. The van der Waals surface area contributed by atoms with Crippen LogP contribution < -0.4 is 9.47 Å². The van der Waals surface area contributed by atoms with Gasteiger partial charge in [0.2, 0.25) is 6.79 Å². The second-order valence-corrected chi connectivity index (χ2v) is 6.80. The fourth-order valence-corrected chi connectivity index (χ4v) is 4.87. The lowest BCUT2D eigenvalue weighted by Crippen LogP contribution is -2.55. The molecule has 1 aliphatic carbocycles. The van der Waals surface area contributed by atoms with Crippen molar-refractivity contribution in [1.29, 1.82) is 0 Å². The Morgan fingerprint density at radius 2 is 1.77 bits per heavy atom. The normalized spacial score (nSPS) is 42.1. The zero-order valence-electron chi connectivity index (χ0n) is 12.1. The van der Waals surface area contributed by atoms with Gasteiger partial charge in [0.15, 0.2) is 11.5 Å². The molecule has 118 valence electrons.